The fourth-order valence-corrected chi connectivity index (χ4v) is 2.91. The van der Waals surface area contributed by atoms with Crippen molar-refractivity contribution in [2.24, 2.45) is 0 Å². The Morgan fingerprint density at radius 3 is 3.13 bits per heavy atom. The summed E-state index contributed by atoms with van der Waals surface area (Å²) in [5, 5.41) is 11.2. The van der Waals surface area contributed by atoms with Crippen LogP contribution in [0.2, 0.25) is 0 Å². The molecule has 0 saturated carbocycles. The fraction of sp³-hybridized carbons (Fsp3) is 0.750. The van der Waals surface area contributed by atoms with Crippen LogP contribution in [-0.2, 0) is 19.3 Å². The van der Waals surface area contributed by atoms with E-state index in [-0.39, 0.29) is 0 Å². The van der Waals surface area contributed by atoms with Crippen molar-refractivity contribution in [3.8, 4) is 0 Å². The molecule has 1 saturated heterocycles. The van der Waals surface area contributed by atoms with Gasteiger partial charge in [0, 0.05) is 11.7 Å². The highest BCUT2D eigenvalue weighted by molar-refractivity contribution is 5.29. The van der Waals surface area contributed by atoms with Gasteiger partial charge in [-0.3, -0.25) is 5.10 Å². The van der Waals surface area contributed by atoms with Gasteiger partial charge < -0.3 is 5.32 Å². The topological polar surface area (TPSA) is 40.7 Å². The van der Waals surface area contributed by atoms with E-state index in [1.54, 1.807) is 0 Å². The van der Waals surface area contributed by atoms with Gasteiger partial charge in [0.15, 0.2) is 0 Å². The lowest BCUT2D eigenvalue weighted by atomic mass is 10.0. The van der Waals surface area contributed by atoms with Crippen LogP contribution in [-0.4, -0.2) is 22.8 Å². The molecule has 3 nitrogen and oxygen atoms in total. The highest BCUT2D eigenvalue weighted by atomic mass is 15.1. The third kappa shape index (κ3) is 1.81. The minimum atomic E-state index is 0.749. The first-order chi connectivity index (χ1) is 7.43. The first kappa shape index (κ1) is 9.40. The molecule has 0 bridgehead atoms. The minimum Gasteiger partial charge on any atom is -0.314 e. The molecule has 0 radical (unpaired) electrons. The van der Waals surface area contributed by atoms with Crippen LogP contribution in [0.3, 0.4) is 0 Å². The summed E-state index contributed by atoms with van der Waals surface area (Å²) in [6, 6.07) is 0.749. The fourth-order valence-electron chi connectivity index (χ4n) is 2.91. The summed E-state index contributed by atoms with van der Waals surface area (Å²) >= 11 is 0. The molecule has 1 atom stereocenters. The van der Waals surface area contributed by atoms with E-state index in [4.69, 9.17) is 0 Å². The van der Waals surface area contributed by atoms with E-state index in [1.165, 1.54) is 62.0 Å². The molecule has 0 aromatic carbocycles. The average Bonchev–Trinajstić information content (AvgIpc) is 2.93. The van der Waals surface area contributed by atoms with Gasteiger partial charge in [-0.05, 0) is 57.1 Å². The van der Waals surface area contributed by atoms with Gasteiger partial charge >= 0.3 is 0 Å². The van der Waals surface area contributed by atoms with Crippen molar-refractivity contribution in [3.05, 3.63) is 17.0 Å². The molecule has 15 heavy (non-hydrogen) atoms. The van der Waals surface area contributed by atoms with Gasteiger partial charge in [0.1, 0.15) is 0 Å². The van der Waals surface area contributed by atoms with Gasteiger partial charge in [0.2, 0.25) is 0 Å². The quantitative estimate of drug-likeness (QED) is 0.786. The Morgan fingerprint density at radius 1 is 1.27 bits per heavy atom. The molecular formula is C12H19N3. The standard InChI is InChI=1S/C12H19N3/c1-4-10-11(5-1)14-15-12(10)7-6-9-3-2-8-13-9/h9,13H,1-8H2,(H,14,15). The Hall–Kier alpha value is -0.830. The Balaban J connectivity index is 1.61. The Kier molecular flexibility index (Phi) is 2.49. The van der Waals surface area contributed by atoms with Crippen molar-refractivity contribution in [1.82, 2.24) is 15.5 Å². The molecule has 1 aromatic heterocycles. The summed E-state index contributed by atoms with van der Waals surface area (Å²) in [6.45, 7) is 1.21. The Labute approximate surface area is 90.7 Å². The predicted molar refractivity (Wildman–Crippen MR) is 60.0 cm³/mol. The Morgan fingerprint density at radius 2 is 2.27 bits per heavy atom. The molecule has 2 aliphatic rings. The van der Waals surface area contributed by atoms with E-state index in [0.717, 1.165) is 12.5 Å². The van der Waals surface area contributed by atoms with Crippen molar-refractivity contribution < 1.29 is 0 Å². The molecule has 1 aliphatic carbocycles. The van der Waals surface area contributed by atoms with E-state index >= 15 is 0 Å². The molecule has 1 aromatic rings. The van der Waals surface area contributed by atoms with Crippen LogP contribution in [0.25, 0.3) is 0 Å². The van der Waals surface area contributed by atoms with Crippen LogP contribution in [0, 0.1) is 0 Å². The second kappa shape index (κ2) is 3.97. The molecule has 1 unspecified atom stereocenters. The van der Waals surface area contributed by atoms with Gasteiger partial charge in [-0.15, -0.1) is 0 Å². The number of aromatic amines is 1. The maximum Gasteiger partial charge on any atom is 0.0657 e. The van der Waals surface area contributed by atoms with E-state index in [1.807, 2.05) is 0 Å². The third-order valence-electron chi connectivity index (χ3n) is 3.78. The molecule has 0 spiro atoms. The molecule has 82 valence electrons. The monoisotopic (exact) mass is 205 g/mol. The molecule has 1 aliphatic heterocycles. The maximum absolute atomic E-state index is 4.45. The van der Waals surface area contributed by atoms with Crippen LogP contribution in [0.5, 0.6) is 0 Å². The number of nitrogens with one attached hydrogen (secondary N) is 2. The number of H-pyrrole nitrogens is 1. The Bertz CT molecular complexity index is 337. The SMILES string of the molecule is C1Cc2[nH]nc(CCC3CCCN3)c2C1. The molecule has 3 rings (SSSR count). The number of nitrogens with zero attached hydrogens (tertiary/aromatic N) is 1. The number of hydrogen-bond acceptors (Lipinski definition) is 2. The number of rotatable bonds is 3. The lowest BCUT2D eigenvalue weighted by molar-refractivity contribution is 0.553. The number of hydrogen-bond donors (Lipinski definition) is 2. The molecule has 3 heteroatoms. The molecule has 0 amide bonds. The maximum atomic E-state index is 4.45. The lowest BCUT2D eigenvalue weighted by Gasteiger charge is -2.08. The average molecular weight is 205 g/mol. The normalized spacial score (nSPS) is 24.7. The summed E-state index contributed by atoms with van der Waals surface area (Å²) in [4.78, 5) is 0. The minimum absolute atomic E-state index is 0.749. The van der Waals surface area contributed by atoms with Crippen molar-refractivity contribution in [2.75, 3.05) is 6.54 Å². The first-order valence-electron chi connectivity index (χ1n) is 6.22. The number of aromatic nitrogens is 2. The van der Waals surface area contributed by atoms with Gasteiger partial charge in [0.25, 0.3) is 0 Å². The summed E-state index contributed by atoms with van der Waals surface area (Å²) < 4.78 is 0. The van der Waals surface area contributed by atoms with Crippen molar-refractivity contribution in [2.45, 2.75) is 51.0 Å². The second-order valence-electron chi connectivity index (χ2n) is 4.81. The second-order valence-corrected chi connectivity index (χ2v) is 4.81. The van der Waals surface area contributed by atoms with E-state index in [0.29, 0.717) is 0 Å². The zero-order chi connectivity index (χ0) is 10.1. The summed E-state index contributed by atoms with van der Waals surface area (Å²) in [7, 11) is 0. The lowest BCUT2D eigenvalue weighted by Crippen LogP contribution is -2.21. The largest absolute Gasteiger partial charge is 0.314 e. The first-order valence-corrected chi connectivity index (χ1v) is 6.22. The third-order valence-corrected chi connectivity index (χ3v) is 3.78. The number of aryl methyl sites for hydroxylation is 2. The van der Waals surface area contributed by atoms with Crippen LogP contribution in [0.15, 0.2) is 0 Å². The van der Waals surface area contributed by atoms with Crippen molar-refractivity contribution >= 4 is 0 Å². The van der Waals surface area contributed by atoms with Gasteiger partial charge in [-0.2, -0.15) is 5.10 Å². The van der Waals surface area contributed by atoms with Crippen molar-refractivity contribution in [3.63, 3.8) is 0 Å². The predicted octanol–water partition coefficient (Wildman–Crippen LogP) is 1.58. The van der Waals surface area contributed by atoms with Crippen LogP contribution >= 0.6 is 0 Å². The molecule has 1 fully saturated rings. The molecular weight excluding hydrogens is 186 g/mol. The summed E-state index contributed by atoms with van der Waals surface area (Å²) in [5.41, 5.74) is 4.29. The molecule has 2 heterocycles. The highest BCUT2D eigenvalue weighted by Crippen LogP contribution is 2.24. The number of fused-ring (bicyclic) bond motifs is 1. The smallest absolute Gasteiger partial charge is 0.0657 e. The van der Waals surface area contributed by atoms with E-state index in [9.17, 15) is 0 Å². The highest BCUT2D eigenvalue weighted by Gasteiger charge is 2.20. The zero-order valence-electron chi connectivity index (χ0n) is 9.18. The van der Waals surface area contributed by atoms with Gasteiger partial charge in [-0.25, -0.2) is 0 Å². The van der Waals surface area contributed by atoms with Crippen LogP contribution < -0.4 is 5.32 Å². The van der Waals surface area contributed by atoms with E-state index in [2.05, 4.69) is 15.5 Å². The summed E-state index contributed by atoms with van der Waals surface area (Å²) in [5.74, 6) is 0. The van der Waals surface area contributed by atoms with Crippen molar-refractivity contribution in [1.29, 1.82) is 0 Å². The van der Waals surface area contributed by atoms with E-state index < -0.39 is 0 Å². The van der Waals surface area contributed by atoms with Crippen LogP contribution in [0.4, 0.5) is 0 Å². The van der Waals surface area contributed by atoms with Gasteiger partial charge in [0.05, 0.1) is 5.69 Å². The van der Waals surface area contributed by atoms with Crippen LogP contribution in [0.1, 0.15) is 42.6 Å². The molecule has 2 N–H and O–H groups in total. The zero-order valence-corrected chi connectivity index (χ0v) is 9.18. The summed E-state index contributed by atoms with van der Waals surface area (Å²) in [6.07, 6.45) is 8.90. The van der Waals surface area contributed by atoms with Gasteiger partial charge in [-0.1, -0.05) is 0 Å².